The van der Waals surface area contributed by atoms with Crippen molar-refractivity contribution in [3.05, 3.63) is 54.2 Å². The Morgan fingerprint density at radius 1 is 1.17 bits per heavy atom. The number of pyridine rings is 1. The maximum atomic E-state index is 12.1. The molecule has 0 unspecified atom stereocenters. The predicted octanol–water partition coefficient (Wildman–Crippen LogP) is 2.94. The number of nitrogens with zero attached hydrogens (tertiary/aromatic N) is 3. The van der Waals surface area contributed by atoms with Crippen LogP contribution in [-0.4, -0.2) is 27.1 Å². The molecule has 0 saturated carbocycles. The van der Waals surface area contributed by atoms with Crippen LogP contribution in [0.3, 0.4) is 0 Å². The summed E-state index contributed by atoms with van der Waals surface area (Å²) in [4.78, 5) is 20.6. The first-order chi connectivity index (χ1) is 11.1. The SMILES string of the molecule is CC(C)NC(=O)c1cccc(-c2noc(-c3ccccn3)n2)c1. The Labute approximate surface area is 133 Å². The molecule has 0 radical (unpaired) electrons. The summed E-state index contributed by atoms with van der Waals surface area (Å²) in [6, 6.07) is 12.7. The van der Waals surface area contributed by atoms with E-state index in [1.165, 1.54) is 0 Å². The molecule has 0 fully saturated rings. The maximum absolute atomic E-state index is 12.1. The van der Waals surface area contributed by atoms with E-state index in [1.54, 1.807) is 30.5 Å². The third-order valence-corrected chi connectivity index (χ3v) is 3.11. The summed E-state index contributed by atoms with van der Waals surface area (Å²) < 4.78 is 5.25. The van der Waals surface area contributed by atoms with Crippen molar-refractivity contribution in [3.8, 4) is 23.0 Å². The van der Waals surface area contributed by atoms with E-state index in [0.717, 1.165) is 0 Å². The van der Waals surface area contributed by atoms with Gasteiger partial charge in [0.05, 0.1) is 0 Å². The number of hydrogen-bond donors (Lipinski definition) is 1. The van der Waals surface area contributed by atoms with E-state index >= 15 is 0 Å². The molecule has 2 aromatic heterocycles. The van der Waals surface area contributed by atoms with Gasteiger partial charge in [-0.15, -0.1) is 0 Å². The molecule has 6 nitrogen and oxygen atoms in total. The van der Waals surface area contributed by atoms with Gasteiger partial charge in [-0.2, -0.15) is 4.98 Å². The fourth-order valence-corrected chi connectivity index (χ4v) is 2.08. The predicted molar refractivity (Wildman–Crippen MR) is 85.6 cm³/mol. The number of carbonyl (C=O) groups is 1. The van der Waals surface area contributed by atoms with Gasteiger partial charge in [-0.1, -0.05) is 23.4 Å². The summed E-state index contributed by atoms with van der Waals surface area (Å²) in [6.45, 7) is 3.83. The first-order valence-corrected chi connectivity index (χ1v) is 7.30. The van der Waals surface area contributed by atoms with Crippen LogP contribution in [0.2, 0.25) is 0 Å². The lowest BCUT2D eigenvalue weighted by atomic mass is 10.1. The third-order valence-electron chi connectivity index (χ3n) is 3.11. The first-order valence-electron chi connectivity index (χ1n) is 7.30. The van der Waals surface area contributed by atoms with Crippen LogP contribution in [0, 0.1) is 0 Å². The normalized spacial score (nSPS) is 10.7. The van der Waals surface area contributed by atoms with Crippen molar-refractivity contribution in [3.63, 3.8) is 0 Å². The number of rotatable bonds is 4. The largest absolute Gasteiger partial charge is 0.350 e. The van der Waals surface area contributed by atoms with Gasteiger partial charge in [0.15, 0.2) is 0 Å². The molecular formula is C17H16N4O2. The van der Waals surface area contributed by atoms with Crippen LogP contribution in [0.1, 0.15) is 24.2 Å². The molecule has 3 rings (SSSR count). The van der Waals surface area contributed by atoms with Gasteiger partial charge in [0.25, 0.3) is 11.8 Å². The first kappa shape index (κ1) is 14.9. The summed E-state index contributed by atoms with van der Waals surface area (Å²) in [7, 11) is 0. The number of hydrogen-bond acceptors (Lipinski definition) is 5. The molecule has 0 atom stereocenters. The number of carbonyl (C=O) groups excluding carboxylic acids is 1. The number of aromatic nitrogens is 3. The zero-order valence-electron chi connectivity index (χ0n) is 12.9. The Morgan fingerprint density at radius 3 is 2.78 bits per heavy atom. The third kappa shape index (κ3) is 3.42. The fourth-order valence-electron chi connectivity index (χ4n) is 2.08. The molecule has 1 N–H and O–H groups in total. The average molecular weight is 308 g/mol. The van der Waals surface area contributed by atoms with E-state index in [0.29, 0.717) is 28.5 Å². The lowest BCUT2D eigenvalue weighted by molar-refractivity contribution is 0.0943. The minimum atomic E-state index is -0.129. The highest BCUT2D eigenvalue weighted by Gasteiger charge is 2.13. The van der Waals surface area contributed by atoms with Gasteiger partial charge in [-0.25, -0.2) is 0 Å². The second kappa shape index (κ2) is 6.39. The van der Waals surface area contributed by atoms with Gasteiger partial charge in [0.1, 0.15) is 5.69 Å². The molecule has 0 spiro atoms. The van der Waals surface area contributed by atoms with E-state index in [-0.39, 0.29) is 11.9 Å². The highest BCUT2D eigenvalue weighted by atomic mass is 16.5. The molecule has 116 valence electrons. The summed E-state index contributed by atoms with van der Waals surface area (Å²) in [5, 5.41) is 6.82. The van der Waals surface area contributed by atoms with Crippen molar-refractivity contribution in [1.82, 2.24) is 20.4 Å². The van der Waals surface area contributed by atoms with Crippen LogP contribution in [-0.2, 0) is 0 Å². The minimum Gasteiger partial charge on any atom is -0.350 e. The van der Waals surface area contributed by atoms with Crippen molar-refractivity contribution in [2.75, 3.05) is 0 Å². The quantitative estimate of drug-likeness (QED) is 0.801. The van der Waals surface area contributed by atoms with Crippen molar-refractivity contribution in [2.45, 2.75) is 19.9 Å². The smallest absolute Gasteiger partial charge is 0.276 e. The molecule has 1 aromatic carbocycles. The average Bonchev–Trinajstić information content (AvgIpc) is 3.05. The van der Waals surface area contributed by atoms with Crippen LogP contribution < -0.4 is 5.32 Å². The molecule has 0 aliphatic rings. The molecule has 3 aromatic rings. The summed E-state index contributed by atoms with van der Waals surface area (Å²) in [6.07, 6.45) is 1.66. The standard InChI is InChI=1S/C17H16N4O2/c1-11(2)19-16(22)13-7-5-6-12(10-13)15-20-17(23-21-15)14-8-3-4-9-18-14/h3-11H,1-2H3,(H,19,22). The molecule has 0 aliphatic heterocycles. The summed E-state index contributed by atoms with van der Waals surface area (Å²) in [5.41, 5.74) is 1.88. The van der Waals surface area contributed by atoms with Crippen LogP contribution in [0.5, 0.6) is 0 Å². The Morgan fingerprint density at radius 2 is 2.04 bits per heavy atom. The lowest BCUT2D eigenvalue weighted by Crippen LogP contribution is -2.30. The summed E-state index contributed by atoms with van der Waals surface area (Å²) >= 11 is 0. The van der Waals surface area contributed by atoms with Gasteiger partial charge in [-0.05, 0) is 38.1 Å². The van der Waals surface area contributed by atoms with Crippen molar-refractivity contribution < 1.29 is 9.32 Å². The topological polar surface area (TPSA) is 80.9 Å². The zero-order chi connectivity index (χ0) is 16.2. The van der Waals surface area contributed by atoms with Crippen LogP contribution in [0.4, 0.5) is 0 Å². The second-order valence-corrected chi connectivity index (χ2v) is 5.35. The maximum Gasteiger partial charge on any atom is 0.276 e. The van der Waals surface area contributed by atoms with Crippen LogP contribution in [0.15, 0.2) is 53.2 Å². The number of nitrogens with one attached hydrogen (secondary N) is 1. The van der Waals surface area contributed by atoms with Gasteiger partial charge in [-0.3, -0.25) is 9.78 Å². The summed E-state index contributed by atoms with van der Waals surface area (Å²) in [5.74, 6) is 0.637. The van der Waals surface area contributed by atoms with Crippen LogP contribution >= 0.6 is 0 Å². The molecule has 2 heterocycles. The Balaban J connectivity index is 1.88. The Bertz CT molecular complexity index is 812. The molecular weight excluding hydrogens is 292 g/mol. The molecule has 0 aliphatic carbocycles. The number of benzene rings is 1. The molecule has 0 saturated heterocycles. The molecule has 6 heteroatoms. The lowest BCUT2D eigenvalue weighted by Gasteiger charge is -2.08. The monoisotopic (exact) mass is 308 g/mol. The Kier molecular flexibility index (Phi) is 4.14. The Hall–Kier alpha value is -3.02. The molecule has 1 amide bonds. The van der Waals surface area contributed by atoms with Gasteiger partial charge >= 0.3 is 0 Å². The van der Waals surface area contributed by atoms with Gasteiger partial charge in [0.2, 0.25) is 5.82 Å². The second-order valence-electron chi connectivity index (χ2n) is 5.35. The van der Waals surface area contributed by atoms with E-state index < -0.39 is 0 Å². The minimum absolute atomic E-state index is 0.0760. The van der Waals surface area contributed by atoms with E-state index in [1.807, 2.05) is 32.0 Å². The van der Waals surface area contributed by atoms with E-state index in [9.17, 15) is 4.79 Å². The molecule has 23 heavy (non-hydrogen) atoms. The van der Waals surface area contributed by atoms with E-state index in [4.69, 9.17) is 4.52 Å². The van der Waals surface area contributed by atoms with Crippen molar-refractivity contribution in [2.24, 2.45) is 0 Å². The fraction of sp³-hybridized carbons (Fsp3) is 0.176. The van der Waals surface area contributed by atoms with Gasteiger partial charge < -0.3 is 9.84 Å². The number of amides is 1. The zero-order valence-corrected chi connectivity index (χ0v) is 12.9. The highest BCUT2D eigenvalue weighted by Crippen LogP contribution is 2.21. The highest BCUT2D eigenvalue weighted by molar-refractivity contribution is 5.95. The van der Waals surface area contributed by atoms with Crippen molar-refractivity contribution in [1.29, 1.82) is 0 Å². The van der Waals surface area contributed by atoms with Crippen LogP contribution in [0.25, 0.3) is 23.0 Å². The van der Waals surface area contributed by atoms with Gasteiger partial charge in [0, 0.05) is 23.4 Å². The van der Waals surface area contributed by atoms with E-state index in [2.05, 4.69) is 20.4 Å². The van der Waals surface area contributed by atoms with Crippen molar-refractivity contribution >= 4 is 5.91 Å². The molecule has 0 bridgehead atoms.